The van der Waals surface area contributed by atoms with Gasteiger partial charge >= 0.3 is 0 Å². The second-order valence-electron chi connectivity index (χ2n) is 12.3. The predicted molar refractivity (Wildman–Crippen MR) is 202 cm³/mol. The van der Waals surface area contributed by atoms with Crippen molar-refractivity contribution in [2.45, 2.75) is 0 Å². The summed E-state index contributed by atoms with van der Waals surface area (Å²) in [6.07, 6.45) is 0. The van der Waals surface area contributed by atoms with Crippen molar-refractivity contribution in [2.75, 3.05) is 0 Å². The minimum Gasteiger partial charge on any atom is -0.310 e. The Labute approximate surface area is 288 Å². The Hall–Kier alpha value is -7.39. The lowest BCUT2D eigenvalue weighted by Gasteiger charge is -2.18. The largest absolute Gasteiger partial charge is 0.310 e. The Morgan fingerprint density at radius 3 is 1.72 bits per heavy atom. The van der Waals surface area contributed by atoms with Gasteiger partial charge in [-0.15, -0.1) is 0 Å². The minimum absolute atomic E-state index is 0.520. The molecule has 0 radical (unpaired) electrons. The van der Waals surface area contributed by atoms with Crippen LogP contribution in [0.4, 0.5) is 5.69 Å². The van der Waals surface area contributed by atoms with Gasteiger partial charge in [-0.2, -0.15) is 10.5 Å². The van der Waals surface area contributed by atoms with E-state index >= 15 is 0 Å². The van der Waals surface area contributed by atoms with Crippen molar-refractivity contribution in [1.29, 1.82) is 10.5 Å². The van der Waals surface area contributed by atoms with Gasteiger partial charge in [0.2, 0.25) is 0 Å². The molecule has 0 amide bonds. The lowest BCUT2D eigenvalue weighted by atomic mass is 9.91. The summed E-state index contributed by atoms with van der Waals surface area (Å²) in [5, 5.41) is 24.1. The number of hydrogen-bond donors (Lipinski definition) is 0. The Balaban J connectivity index is 1.31. The molecule has 0 unspecified atom stereocenters. The SMILES string of the molecule is [C-]#[N+]c1ccc(-c2ccc(C#N)cc2-c2cccc(-n3c4ccccc4c4ccccc43)c2)c(-n2c3ccccc3c3cc(C#N)ccc32)c1. The highest BCUT2D eigenvalue weighted by molar-refractivity contribution is 6.11. The summed E-state index contributed by atoms with van der Waals surface area (Å²) >= 11 is 0. The molecule has 0 aliphatic carbocycles. The van der Waals surface area contributed by atoms with Crippen molar-refractivity contribution in [3.05, 3.63) is 174 Å². The number of nitriles is 2. The molecule has 0 saturated carbocycles. The first-order chi connectivity index (χ1) is 24.7. The summed E-state index contributed by atoms with van der Waals surface area (Å²) in [6.45, 7) is 7.90. The molecule has 0 saturated heterocycles. The summed E-state index contributed by atoms with van der Waals surface area (Å²) in [7, 11) is 0. The van der Waals surface area contributed by atoms with Crippen molar-refractivity contribution in [1.82, 2.24) is 9.13 Å². The number of para-hydroxylation sites is 3. The van der Waals surface area contributed by atoms with Crippen molar-refractivity contribution in [3.63, 3.8) is 0 Å². The maximum Gasteiger partial charge on any atom is 0.189 e. The molecular weight excluding hydrogens is 611 g/mol. The summed E-state index contributed by atoms with van der Waals surface area (Å²) in [5.41, 5.74) is 11.5. The Morgan fingerprint density at radius 2 is 1.04 bits per heavy atom. The average molecular weight is 636 g/mol. The van der Waals surface area contributed by atoms with E-state index in [9.17, 15) is 10.5 Å². The van der Waals surface area contributed by atoms with E-state index in [0.717, 1.165) is 66.5 Å². The molecule has 0 aliphatic heterocycles. The first-order valence-corrected chi connectivity index (χ1v) is 16.3. The molecule has 0 atom stereocenters. The third-order valence-corrected chi connectivity index (χ3v) is 9.59. The normalized spacial score (nSPS) is 11.1. The third-order valence-electron chi connectivity index (χ3n) is 9.59. The van der Waals surface area contributed by atoms with E-state index in [1.54, 1.807) is 0 Å². The van der Waals surface area contributed by atoms with Gasteiger partial charge in [-0.05, 0) is 83.4 Å². The molecule has 2 heterocycles. The van der Waals surface area contributed by atoms with Crippen LogP contribution >= 0.6 is 0 Å². The van der Waals surface area contributed by atoms with E-state index < -0.39 is 0 Å². The van der Waals surface area contributed by atoms with E-state index in [1.807, 2.05) is 66.7 Å². The first-order valence-electron chi connectivity index (χ1n) is 16.3. The topological polar surface area (TPSA) is 61.8 Å². The van der Waals surface area contributed by atoms with Crippen LogP contribution in [-0.4, -0.2) is 9.13 Å². The maximum absolute atomic E-state index is 10.1. The standard InChI is InChI=1S/C45H25N5/c1-48-32-19-21-38(45(26-32)50-43-16-7-4-13-37(43)40-24-30(28-47)18-22-44(40)50)34-20-17-29(27-46)23-39(34)31-9-8-10-33(25-31)49-41-14-5-2-11-35(41)36-12-3-6-15-42(36)49/h2-26H. The van der Waals surface area contributed by atoms with Gasteiger partial charge in [-0.25, -0.2) is 4.85 Å². The van der Waals surface area contributed by atoms with Crippen LogP contribution in [0.15, 0.2) is 152 Å². The van der Waals surface area contributed by atoms with Gasteiger partial charge in [0.1, 0.15) is 0 Å². The Bertz CT molecular complexity index is 2920. The first kappa shape index (κ1) is 28.8. The van der Waals surface area contributed by atoms with Crippen LogP contribution < -0.4 is 0 Å². The summed E-state index contributed by atoms with van der Waals surface area (Å²) in [5.74, 6) is 0. The molecule has 50 heavy (non-hydrogen) atoms. The summed E-state index contributed by atoms with van der Waals surface area (Å²) < 4.78 is 4.48. The minimum atomic E-state index is 0.520. The molecule has 0 fully saturated rings. The molecule has 230 valence electrons. The van der Waals surface area contributed by atoms with Crippen molar-refractivity contribution >= 4 is 49.3 Å². The monoisotopic (exact) mass is 635 g/mol. The Morgan fingerprint density at radius 1 is 0.460 bits per heavy atom. The van der Waals surface area contributed by atoms with Crippen LogP contribution in [0.2, 0.25) is 0 Å². The van der Waals surface area contributed by atoms with Crippen molar-refractivity contribution in [2.24, 2.45) is 0 Å². The van der Waals surface area contributed by atoms with Crippen LogP contribution in [0.1, 0.15) is 11.1 Å². The van der Waals surface area contributed by atoms with E-state index in [2.05, 4.69) is 111 Å². The lowest BCUT2D eigenvalue weighted by Crippen LogP contribution is -1.99. The molecule has 9 aromatic rings. The number of benzene rings is 7. The smallest absolute Gasteiger partial charge is 0.189 e. The molecule has 2 aromatic heterocycles. The van der Waals surface area contributed by atoms with Crippen LogP contribution in [0.25, 0.3) is 82.1 Å². The molecular formula is C45H25N5. The van der Waals surface area contributed by atoms with Crippen LogP contribution in [0.5, 0.6) is 0 Å². The van der Waals surface area contributed by atoms with Crippen LogP contribution in [0.3, 0.4) is 0 Å². The van der Waals surface area contributed by atoms with E-state index in [0.29, 0.717) is 16.8 Å². The van der Waals surface area contributed by atoms with Gasteiger partial charge in [-0.3, -0.25) is 0 Å². The molecule has 0 N–H and O–H groups in total. The van der Waals surface area contributed by atoms with E-state index in [1.165, 1.54) is 10.8 Å². The zero-order valence-electron chi connectivity index (χ0n) is 26.7. The highest BCUT2D eigenvalue weighted by Gasteiger charge is 2.20. The van der Waals surface area contributed by atoms with Gasteiger partial charge in [0.25, 0.3) is 0 Å². The maximum atomic E-state index is 10.1. The fourth-order valence-electron chi connectivity index (χ4n) is 7.41. The van der Waals surface area contributed by atoms with E-state index in [-0.39, 0.29) is 0 Å². The fourth-order valence-corrected chi connectivity index (χ4v) is 7.41. The molecule has 0 aliphatic rings. The van der Waals surface area contributed by atoms with Gasteiger partial charge in [0.15, 0.2) is 5.69 Å². The average Bonchev–Trinajstić information content (AvgIpc) is 3.70. The molecule has 0 bridgehead atoms. The Kier molecular flexibility index (Phi) is 6.56. The van der Waals surface area contributed by atoms with Crippen molar-refractivity contribution < 1.29 is 0 Å². The zero-order chi connectivity index (χ0) is 33.8. The van der Waals surface area contributed by atoms with Crippen molar-refractivity contribution in [3.8, 4) is 45.8 Å². The van der Waals surface area contributed by atoms with Gasteiger partial charge in [0, 0.05) is 38.5 Å². The van der Waals surface area contributed by atoms with Gasteiger partial charge in [-0.1, -0.05) is 84.9 Å². The third kappa shape index (κ3) is 4.38. The number of fused-ring (bicyclic) bond motifs is 6. The summed E-state index contributed by atoms with van der Waals surface area (Å²) in [6, 6.07) is 55.6. The second kappa shape index (κ2) is 11.4. The molecule has 5 heteroatoms. The highest BCUT2D eigenvalue weighted by Crippen LogP contribution is 2.42. The van der Waals surface area contributed by atoms with Crippen LogP contribution in [0, 0.1) is 29.2 Å². The number of rotatable bonds is 4. The quantitative estimate of drug-likeness (QED) is 0.181. The van der Waals surface area contributed by atoms with Crippen LogP contribution in [-0.2, 0) is 0 Å². The predicted octanol–water partition coefficient (Wildman–Crippen LogP) is 11.5. The number of nitrogens with zero attached hydrogens (tertiary/aromatic N) is 5. The highest BCUT2D eigenvalue weighted by atomic mass is 15.0. The second-order valence-corrected chi connectivity index (χ2v) is 12.3. The molecule has 9 rings (SSSR count). The fraction of sp³-hybridized carbons (Fsp3) is 0. The van der Waals surface area contributed by atoms with Gasteiger partial charge in [0.05, 0.1) is 51.9 Å². The van der Waals surface area contributed by atoms with E-state index in [4.69, 9.17) is 6.57 Å². The molecule has 5 nitrogen and oxygen atoms in total. The molecule has 7 aromatic carbocycles. The number of aromatic nitrogens is 2. The number of hydrogen-bond acceptors (Lipinski definition) is 2. The molecule has 0 spiro atoms. The zero-order valence-corrected chi connectivity index (χ0v) is 26.7. The van der Waals surface area contributed by atoms with Gasteiger partial charge < -0.3 is 9.13 Å². The lowest BCUT2D eigenvalue weighted by molar-refractivity contribution is 1.18. The summed E-state index contributed by atoms with van der Waals surface area (Å²) in [4.78, 5) is 3.81.